The van der Waals surface area contributed by atoms with Crippen molar-refractivity contribution in [1.29, 1.82) is 0 Å². The molecule has 0 saturated carbocycles. The molecule has 1 unspecified atom stereocenters. The van der Waals surface area contributed by atoms with Gasteiger partial charge in [-0.25, -0.2) is 9.78 Å². The van der Waals surface area contributed by atoms with Crippen LogP contribution in [0.5, 0.6) is 0 Å². The Morgan fingerprint density at radius 3 is 2.59 bits per heavy atom. The van der Waals surface area contributed by atoms with Crippen molar-refractivity contribution in [1.82, 2.24) is 9.55 Å². The van der Waals surface area contributed by atoms with Crippen LogP contribution in [-0.2, 0) is 21.1 Å². The Morgan fingerprint density at radius 2 is 2.00 bits per heavy atom. The van der Waals surface area contributed by atoms with Crippen molar-refractivity contribution in [3.8, 4) is 0 Å². The number of rotatable bonds is 7. The lowest BCUT2D eigenvalue weighted by Crippen LogP contribution is -2.36. The van der Waals surface area contributed by atoms with E-state index in [2.05, 4.69) is 57.3 Å². The molecule has 7 nitrogen and oxygen atoms in total. The zero-order valence-electron chi connectivity index (χ0n) is 18.6. The molecule has 174 valence electrons. The second-order valence-corrected chi connectivity index (χ2v) is 17.1. The summed E-state index contributed by atoms with van der Waals surface area (Å²) in [5.41, 5.74) is 1.73. The van der Waals surface area contributed by atoms with Crippen LogP contribution in [0.3, 0.4) is 0 Å². The van der Waals surface area contributed by atoms with E-state index in [-0.39, 0.29) is 12.0 Å². The van der Waals surface area contributed by atoms with Crippen LogP contribution in [0.15, 0.2) is 52.3 Å². The van der Waals surface area contributed by atoms with E-state index in [1.165, 1.54) is 17.5 Å². The average Bonchev–Trinajstić information content (AvgIpc) is 3.12. The van der Waals surface area contributed by atoms with E-state index < -0.39 is 23.4 Å². The third-order valence-electron chi connectivity index (χ3n) is 5.05. The maximum absolute atomic E-state index is 11.1. The lowest BCUT2D eigenvalue weighted by atomic mass is 9.88. The normalized spacial score (nSPS) is 18.8. The molecule has 0 aliphatic heterocycles. The van der Waals surface area contributed by atoms with E-state index in [1.54, 1.807) is 29.5 Å². The van der Waals surface area contributed by atoms with Gasteiger partial charge < -0.3 is 19.5 Å². The first-order valence-corrected chi connectivity index (χ1v) is 15.6. The number of ether oxygens (including phenoxy) is 1. The number of nitrogens with zero attached hydrogens (tertiary/aromatic N) is 2. The van der Waals surface area contributed by atoms with E-state index in [9.17, 15) is 9.59 Å². The number of allylic oxidation sites excluding steroid dienone is 2. The molecule has 2 aromatic rings. The number of aliphatic carboxylic acids is 2. The fourth-order valence-corrected chi connectivity index (χ4v) is 5.38. The maximum Gasteiger partial charge on any atom is 0.331 e. The standard InChI is InChI=1S/C13H20N2OSi.C9H8BrIO4/c1-17(2,3)10-9-16-11-15-8-6-12-5-4-7-14-13(12)15;1-4-6(10)2-5(7(12)13)3-9(4,11)8(14)15/h4-8H,9-11H2,1-3H3;2H,3H2,1H3,(H,12,13)(H,14,15). The van der Waals surface area contributed by atoms with Crippen LogP contribution < -0.4 is 0 Å². The van der Waals surface area contributed by atoms with Gasteiger partial charge in [0.2, 0.25) is 0 Å². The molecule has 0 spiro atoms. The minimum Gasteiger partial charge on any atom is -0.480 e. The Kier molecular flexibility index (Phi) is 9.26. The molecule has 1 aliphatic carbocycles. The number of hydrogen-bond acceptors (Lipinski definition) is 4. The van der Waals surface area contributed by atoms with Crippen molar-refractivity contribution in [2.45, 2.75) is 49.2 Å². The van der Waals surface area contributed by atoms with Gasteiger partial charge in [0, 0.05) is 48.9 Å². The largest absolute Gasteiger partial charge is 0.480 e. The fraction of sp³-hybridized carbons (Fsp3) is 0.409. The lowest BCUT2D eigenvalue weighted by Gasteiger charge is -2.28. The highest BCUT2D eigenvalue weighted by atomic mass is 127. The average molecular weight is 635 g/mol. The van der Waals surface area contributed by atoms with Crippen molar-refractivity contribution in [2.24, 2.45) is 0 Å². The van der Waals surface area contributed by atoms with Crippen LogP contribution in [0, 0.1) is 0 Å². The van der Waals surface area contributed by atoms with Gasteiger partial charge in [-0.05, 0) is 42.8 Å². The first-order chi connectivity index (χ1) is 14.8. The second-order valence-electron chi connectivity index (χ2n) is 8.78. The summed E-state index contributed by atoms with van der Waals surface area (Å²) in [5.74, 6) is -2.11. The summed E-state index contributed by atoms with van der Waals surface area (Å²) in [6.45, 7) is 10.2. The zero-order valence-corrected chi connectivity index (χ0v) is 23.3. The number of carboxylic acid groups (broad SMARTS) is 2. The van der Waals surface area contributed by atoms with Gasteiger partial charge in [-0.15, -0.1) is 0 Å². The molecule has 0 bridgehead atoms. The summed E-state index contributed by atoms with van der Waals surface area (Å²) < 4.78 is 7.14. The molecule has 0 aromatic carbocycles. The third-order valence-corrected chi connectivity index (χ3v) is 9.23. The van der Waals surface area contributed by atoms with Crippen LogP contribution in [0.1, 0.15) is 13.3 Å². The Hall–Kier alpha value is -1.50. The molecule has 2 aromatic heterocycles. The van der Waals surface area contributed by atoms with Gasteiger partial charge >= 0.3 is 11.9 Å². The molecular weight excluding hydrogens is 607 g/mol. The predicted molar refractivity (Wildman–Crippen MR) is 140 cm³/mol. The first-order valence-electron chi connectivity index (χ1n) is 10.1. The van der Waals surface area contributed by atoms with E-state index in [4.69, 9.17) is 14.9 Å². The Balaban J connectivity index is 0.000000229. The number of carbonyl (C=O) groups is 2. The van der Waals surface area contributed by atoms with Crippen molar-refractivity contribution < 1.29 is 24.5 Å². The lowest BCUT2D eigenvalue weighted by molar-refractivity contribution is -0.138. The number of aromatic nitrogens is 2. The Bertz CT molecular complexity index is 1060. The molecule has 0 fully saturated rings. The maximum atomic E-state index is 11.1. The first kappa shape index (κ1) is 26.7. The fourth-order valence-electron chi connectivity index (χ4n) is 2.94. The molecule has 1 atom stereocenters. The molecule has 10 heteroatoms. The number of halogens is 2. The number of alkyl halides is 1. The molecule has 0 saturated heterocycles. The predicted octanol–water partition coefficient (Wildman–Crippen LogP) is 5.68. The summed E-state index contributed by atoms with van der Waals surface area (Å²) in [6, 6.07) is 7.31. The van der Waals surface area contributed by atoms with Crippen LogP contribution in [0.25, 0.3) is 11.0 Å². The van der Waals surface area contributed by atoms with Crippen LogP contribution >= 0.6 is 38.5 Å². The van der Waals surface area contributed by atoms with Crippen LogP contribution in [0.4, 0.5) is 0 Å². The number of pyridine rings is 1. The highest BCUT2D eigenvalue weighted by Crippen LogP contribution is 2.42. The molecule has 0 radical (unpaired) electrons. The SMILES string of the molecule is CC1=C(Br)C=C(C(=O)O)CC1(I)C(=O)O.C[Si](C)(C)CCOCn1ccc2cccnc21. The van der Waals surface area contributed by atoms with Crippen molar-refractivity contribution >= 4 is 69.6 Å². The molecule has 0 amide bonds. The van der Waals surface area contributed by atoms with Gasteiger partial charge in [-0.3, -0.25) is 4.79 Å². The highest BCUT2D eigenvalue weighted by Gasteiger charge is 2.42. The molecule has 2 heterocycles. The summed E-state index contributed by atoms with van der Waals surface area (Å²) in [6.07, 6.45) is 5.31. The quantitative estimate of drug-likeness (QED) is 0.176. The molecular formula is C22H28BrIN2O5Si. The topological polar surface area (TPSA) is 102 Å². The summed E-state index contributed by atoms with van der Waals surface area (Å²) in [7, 11) is -0.983. The number of fused-ring (bicyclic) bond motifs is 1. The van der Waals surface area contributed by atoms with Crippen molar-refractivity contribution in [2.75, 3.05) is 6.61 Å². The van der Waals surface area contributed by atoms with Gasteiger partial charge in [-0.2, -0.15) is 0 Å². The zero-order chi connectivity index (χ0) is 24.1. The monoisotopic (exact) mass is 634 g/mol. The van der Waals surface area contributed by atoms with E-state index in [0.29, 0.717) is 16.8 Å². The molecule has 2 N–H and O–H groups in total. The molecule has 32 heavy (non-hydrogen) atoms. The number of carboxylic acids is 2. The Morgan fingerprint density at radius 1 is 1.31 bits per heavy atom. The van der Waals surface area contributed by atoms with Gasteiger partial charge in [0.05, 0.1) is 0 Å². The Labute approximate surface area is 210 Å². The minimum atomic E-state index is -1.17. The smallest absolute Gasteiger partial charge is 0.331 e. The summed E-state index contributed by atoms with van der Waals surface area (Å²) in [5, 5.41) is 19.1. The summed E-state index contributed by atoms with van der Waals surface area (Å²) in [4.78, 5) is 26.3. The van der Waals surface area contributed by atoms with Crippen molar-refractivity contribution in [3.05, 3.63) is 52.3 Å². The third kappa shape index (κ3) is 7.00. The van der Waals surface area contributed by atoms with Gasteiger partial charge in [0.25, 0.3) is 0 Å². The second kappa shape index (κ2) is 11.1. The van der Waals surface area contributed by atoms with Gasteiger partial charge in [-0.1, -0.05) is 58.2 Å². The van der Waals surface area contributed by atoms with Gasteiger partial charge in [0.1, 0.15) is 15.8 Å². The van der Waals surface area contributed by atoms with E-state index in [0.717, 1.165) is 12.3 Å². The van der Waals surface area contributed by atoms with E-state index in [1.807, 2.05) is 18.5 Å². The summed E-state index contributed by atoms with van der Waals surface area (Å²) >= 11 is 4.96. The van der Waals surface area contributed by atoms with Gasteiger partial charge in [0.15, 0.2) is 0 Å². The number of hydrogen-bond donors (Lipinski definition) is 2. The molecule has 3 rings (SSSR count). The molecule has 1 aliphatic rings. The van der Waals surface area contributed by atoms with E-state index >= 15 is 0 Å². The minimum absolute atomic E-state index is 0.000833. The highest BCUT2D eigenvalue weighted by molar-refractivity contribution is 14.1. The van der Waals surface area contributed by atoms with Crippen molar-refractivity contribution in [3.63, 3.8) is 0 Å². The van der Waals surface area contributed by atoms with Crippen LogP contribution in [0.2, 0.25) is 25.7 Å². The van der Waals surface area contributed by atoms with Crippen LogP contribution in [-0.4, -0.2) is 49.8 Å².